The Hall–Kier alpha value is -1.14. The monoisotopic (exact) mass is 243 g/mol. The first-order valence-corrected chi connectivity index (χ1v) is 4.37. The Bertz CT molecular complexity index is 369. The molecule has 0 spiro atoms. The van der Waals surface area contributed by atoms with Gasteiger partial charge in [0.25, 0.3) is 5.91 Å². The first-order valence-electron chi connectivity index (χ1n) is 3.58. The summed E-state index contributed by atoms with van der Waals surface area (Å²) in [7, 11) is 0. The van der Waals surface area contributed by atoms with E-state index in [1.807, 2.05) is 0 Å². The topological polar surface area (TPSA) is 74.2 Å². The second kappa shape index (κ2) is 2.97. The third kappa shape index (κ3) is 1.50. The van der Waals surface area contributed by atoms with Gasteiger partial charge in [-0.25, -0.2) is 4.98 Å². The van der Waals surface area contributed by atoms with Crippen molar-refractivity contribution >= 4 is 33.3 Å². The highest BCUT2D eigenvalue weighted by Crippen LogP contribution is 2.26. The molecule has 2 heterocycles. The Balaban J connectivity index is 2.42. The van der Waals surface area contributed by atoms with E-state index in [2.05, 4.69) is 31.5 Å². The van der Waals surface area contributed by atoms with Gasteiger partial charge in [0.2, 0.25) is 6.23 Å². The highest BCUT2D eigenvalue weighted by Gasteiger charge is 2.23. The molecule has 13 heavy (non-hydrogen) atoms. The minimum absolute atomic E-state index is 0.429. The van der Waals surface area contributed by atoms with Gasteiger partial charge < -0.3 is 15.7 Å². The number of aliphatic hydroxyl groups is 1. The van der Waals surface area contributed by atoms with Gasteiger partial charge in [0.15, 0.2) is 5.82 Å². The molecule has 0 aromatic carbocycles. The normalized spacial score (nSPS) is 20.2. The maximum absolute atomic E-state index is 11.0. The van der Waals surface area contributed by atoms with E-state index < -0.39 is 12.1 Å². The van der Waals surface area contributed by atoms with Crippen molar-refractivity contribution in [2.24, 2.45) is 0 Å². The molecular formula is C7H6BrN3O2. The van der Waals surface area contributed by atoms with Crippen molar-refractivity contribution in [3.05, 3.63) is 16.7 Å². The number of aliphatic hydroxyl groups excluding tert-OH is 1. The van der Waals surface area contributed by atoms with Gasteiger partial charge in [-0.3, -0.25) is 4.79 Å². The summed E-state index contributed by atoms with van der Waals surface area (Å²) in [6, 6.07) is 1.73. The number of amides is 1. The van der Waals surface area contributed by atoms with Crippen molar-refractivity contribution < 1.29 is 9.90 Å². The second-order valence-corrected chi connectivity index (χ2v) is 3.50. The molecule has 0 saturated heterocycles. The molecule has 5 nitrogen and oxygen atoms in total. The summed E-state index contributed by atoms with van der Waals surface area (Å²) >= 11 is 3.23. The third-order valence-electron chi connectivity index (χ3n) is 1.64. The molecule has 1 unspecified atom stereocenters. The molecule has 0 saturated carbocycles. The van der Waals surface area contributed by atoms with Crippen LogP contribution >= 0.6 is 15.9 Å². The average molecular weight is 244 g/mol. The number of hydrogen-bond acceptors (Lipinski definition) is 4. The number of rotatable bonds is 0. The molecule has 1 aliphatic rings. The van der Waals surface area contributed by atoms with Crippen LogP contribution in [0.15, 0.2) is 16.7 Å². The first-order chi connectivity index (χ1) is 6.16. The lowest BCUT2D eigenvalue weighted by molar-refractivity contribution is -0.123. The number of pyridine rings is 1. The van der Waals surface area contributed by atoms with E-state index >= 15 is 0 Å². The molecule has 1 aromatic heterocycles. The second-order valence-electron chi connectivity index (χ2n) is 2.59. The fourth-order valence-electron chi connectivity index (χ4n) is 1.05. The maximum Gasteiger partial charge on any atom is 0.275 e. The van der Waals surface area contributed by atoms with E-state index in [0.717, 1.165) is 4.47 Å². The van der Waals surface area contributed by atoms with E-state index in [0.29, 0.717) is 11.5 Å². The van der Waals surface area contributed by atoms with E-state index in [1.54, 1.807) is 12.3 Å². The zero-order valence-electron chi connectivity index (χ0n) is 6.41. The zero-order chi connectivity index (χ0) is 9.42. The molecule has 0 aliphatic carbocycles. The van der Waals surface area contributed by atoms with Crippen molar-refractivity contribution in [2.75, 3.05) is 10.6 Å². The first kappa shape index (κ1) is 8.46. The predicted octanol–water partition coefficient (Wildman–Crippen LogP) is 0.526. The van der Waals surface area contributed by atoms with Gasteiger partial charge in [-0.05, 0) is 22.0 Å². The minimum Gasteiger partial charge on any atom is -0.366 e. The van der Waals surface area contributed by atoms with Crippen LogP contribution in [0, 0.1) is 0 Å². The summed E-state index contributed by atoms with van der Waals surface area (Å²) in [4.78, 5) is 14.9. The number of carbonyl (C=O) groups excluding carboxylic acids is 1. The summed E-state index contributed by atoms with van der Waals surface area (Å²) in [6.07, 6.45) is 0.363. The van der Waals surface area contributed by atoms with Crippen LogP contribution in [0.1, 0.15) is 0 Å². The van der Waals surface area contributed by atoms with E-state index in [9.17, 15) is 4.79 Å². The van der Waals surface area contributed by atoms with E-state index in [1.165, 1.54) is 0 Å². The van der Waals surface area contributed by atoms with Crippen molar-refractivity contribution in [1.29, 1.82) is 0 Å². The van der Waals surface area contributed by atoms with Gasteiger partial charge in [-0.1, -0.05) is 0 Å². The number of halogens is 1. The summed E-state index contributed by atoms with van der Waals surface area (Å²) in [6.45, 7) is 0. The lowest BCUT2D eigenvalue weighted by atomic mass is 10.3. The molecule has 1 atom stereocenters. The minimum atomic E-state index is -1.21. The lowest BCUT2D eigenvalue weighted by Crippen LogP contribution is -2.38. The number of hydrogen-bond donors (Lipinski definition) is 3. The molecule has 0 fully saturated rings. The molecule has 1 aliphatic heterocycles. The summed E-state index contributed by atoms with van der Waals surface area (Å²) in [5.41, 5.74) is 0.599. The van der Waals surface area contributed by atoms with Crippen molar-refractivity contribution in [2.45, 2.75) is 6.23 Å². The van der Waals surface area contributed by atoms with Crippen molar-refractivity contribution in [3.63, 3.8) is 0 Å². The Kier molecular flexibility index (Phi) is 1.93. The van der Waals surface area contributed by atoms with Gasteiger partial charge in [-0.2, -0.15) is 0 Å². The van der Waals surface area contributed by atoms with Gasteiger partial charge >= 0.3 is 0 Å². The van der Waals surface area contributed by atoms with Crippen molar-refractivity contribution in [1.82, 2.24) is 4.98 Å². The summed E-state index contributed by atoms with van der Waals surface area (Å²) < 4.78 is 0.780. The number of nitrogens with one attached hydrogen (secondary N) is 2. The average Bonchev–Trinajstić information content (AvgIpc) is 2.08. The molecule has 0 radical (unpaired) electrons. The Labute approximate surface area is 82.3 Å². The van der Waals surface area contributed by atoms with Crippen LogP contribution in [-0.4, -0.2) is 22.2 Å². The lowest BCUT2D eigenvalue weighted by Gasteiger charge is -2.21. The van der Waals surface area contributed by atoms with Crippen LogP contribution < -0.4 is 10.6 Å². The molecular weight excluding hydrogens is 238 g/mol. The standard InChI is InChI=1S/C7H6BrN3O2/c8-3-1-4-5(9-2-3)11-7(13)6(12)10-4/h1-2,6,10,12H,(H,9,11,13). The Morgan fingerprint density at radius 1 is 1.62 bits per heavy atom. The van der Waals surface area contributed by atoms with Gasteiger partial charge in [0.05, 0.1) is 5.69 Å². The van der Waals surface area contributed by atoms with Crippen LogP contribution in [0.4, 0.5) is 11.5 Å². The number of aromatic nitrogens is 1. The van der Waals surface area contributed by atoms with Gasteiger partial charge in [0.1, 0.15) is 0 Å². The van der Waals surface area contributed by atoms with Crippen LogP contribution in [0.2, 0.25) is 0 Å². The fourth-order valence-corrected chi connectivity index (χ4v) is 1.38. The molecule has 3 N–H and O–H groups in total. The van der Waals surface area contributed by atoms with E-state index in [-0.39, 0.29) is 0 Å². The highest BCUT2D eigenvalue weighted by molar-refractivity contribution is 9.10. The van der Waals surface area contributed by atoms with Crippen LogP contribution in [0.3, 0.4) is 0 Å². The zero-order valence-corrected chi connectivity index (χ0v) is 8.00. The molecule has 0 bridgehead atoms. The van der Waals surface area contributed by atoms with Crippen molar-refractivity contribution in [3.8, 4) is 0 Å². The Morgan fingerprint density at radius 3 is 3.15 bits per heavy atom. The largest absolute Gasteiger partial charge is 0.366 e. The highest BCUT2D eigenvalue weighted by atomic mass is 79.9. The van der Waals surface area contributed by atoms with Gasteiger partial charge in [0, 0.05) is 10.7 Å². The number of nitrogens with zero attached hydrogens (tertiary/aromatic N) is 1. The summed E-state index contributed by atoms with van der Waals surface area (Å²) in [5.74, 6) is -0.0687. The summed E-state index contributed by atoms with van der Waals surface area (Å²) in [5, 5.41) is 14.2. The Morgan fingerprint density at radius 2 is 2.38 bits per heavy atom. The molecule has 6 heteroatoms. The molecule has 2 rings (SSSR count). The number of anilines is 2. The van der Waals surface area contributed by atoms with Gasteiger partial charge in [-0.15, -0.1) is 0 Å². The maximum atomic E-state index is 11.0. The molecule has 1 aromatic rings. The number of carbonyl (C=O) groups is 1. The van der Waals surface area contributed by atoms with Crippen LogP contribution in [0.5, 0.6) is 0 Å². The van der Waals surface area contributed by atoms with Crippen LogP contribution in [0.25, 0.3) is 0 Å². The number of fused-ring (bicyclic) bond motifs is 1. The van der Waals surface area contributed by atoms with Crippen LogP contribution in [-0.2, 0) is 4.79 Å². The SMILES string of the molecule is O=C1Nc2ncc(Br)cc2NC1O. The fraction of sp³-hybridized carbons (Fsp3) is 0.143. The molecule has 1 amide bonds. The smallest absolute Gasteiger partial charge is 0.275 e. The van der Waals surface area contributed by atoms with E-state index in [4.69, 9.17) is 5.11 Å². The third-order valence-corrected chi connectivity index (χ3v) is 2.07. The quantitative estimate of drug-likeness (QED) is 0.622. The predicted molar refractivity (Wildman–Crippen MR) is 50.2 cm³/mol. The molecule has 68 valence electrons.